The summed E-state index contributed by atoms with van der Waals surface area (Å²) in [6.07, 6.45) is 0.298. The average molecular weight is 471 g/mol. The Morgan fingerprint density at radius 1 is 0.706 bits per heavy atom. The van der Waals surface area contributed by atoms with E-state index in [0.717, 1.165) is 5.56 Å². The van der Waals surface area contributed by atoms with Gasteiger partial charge in [0.15, 0.2) is 5.78 Å². The lowest BCUT2D eigenvalue weighted by atomic mass is 9.98. The van der Waals surface area contributed by atoms with Crippen molar-refractivity contribution in [3.05, 3.63) is 53.1 Å². The van der Waals surface area contributed by atoms with E-state index in [4.69, 9.17) is 18.9 Å². The van der Waals surface area contributed by atoms with Crippen molar-refractivity contribution >= 4 is 11.8 Å². The third kappa shape index (κ3) is 8.40. The highest BCUT2D eigenvalue weighted by Gasteiger charge is 2.20. The SMILES string of the molecule is CC(C)OC(=O)CCc1cc(C(=O)c2ccc(OC(C)C)cc2OC(C)C)ccc1OC(C)C. The van der Waals surface area contributed by atoms with E-state index in [9.17, 15) is 9.59 Å². The summed E-state index contributed by atoms with van der Waals surface area (Å²) in [5, 5.41) is 0. The Bertz CT molecular complexity index is 975. The highest BCUT2D eigenvalue weighted by atomic mass is 16.5. The molecular formula is C28H38O6. The van der Waals surface area contributed by atoms with Crippen LogP contribution in [0.25, 0.3) is 0 Å². The molecule has 6 nitrogen and oxygen atoms in total. The molecule has 0 heterocycles. The molecule has 0 atom stereocenters. The summed E-state index contributed by atoms with van der Waals surface area (Å²) < 4.78 is 22.9. The minimum Gasteiger partial charge on any atom is -0.491 e. The molecule has 0 aliphatic rings. The number of hydrogen-bond acceptors (Lipinski definition) is 6. The summed E-state index contributed by atoms with van der Waals surface area (Å²) in [7, 11) is 0. The molecule has 0 aliphatic heterocycles. The molecule has 0 amide bonds. The Hall–Kier alpha value is -3.02. The van der Waals surface area contributed by atoms with Crippen LogP contribution in [0.4, 0.5) is 0 Å². The van der Waals surface area contributed by atoms with Crippen LogP contribution < -0.4 is 14.2 Å². The van der Waals surface area contributed by atoms with Crippen molar-refractivity contribution in [3.8, 4) is 17.2 Å². The number of carbonyl (C=O) groups is 2. The largest absolute Gasteiger partial charge is 0.491 e. The van der Waals surface area contributed by atoms with Crippen LogP contribution in [-0.4, -0.2) is 36.2 Å². The van der Waals surface area contributed by atoms with Gasteiger partial charge in [0, 0.05) is 18.1 Å². The van der Waals surface area contributed by atoms with Gasteiger partial charge in [-0.1, -0.05) is 0 Å². The van der Waals surface area contributed by atoms with Gasteiger partial charge in [0.05, 0.1) is 30.0 Å². The topological polar surface area (TPSA) is 71.1 Å². The number of ether oxygens (including phenoxy) is 4. The molecule has 0 fully saturated rings. The maximum Gasteiger partial charge on any atom is 0.306 e. The monoisotopic (exact) mass is 470 g/mol. The van der Waals surface area contributed by atoms with Crippen molar-refractivity contribution in [1.82, 2.24) is 0 Å². The molecule has 2 aromatic rings. The lowest BCUT2D eigenvalue weighted by Crippen LogP contribution is -2.14. The smallest absolute Gasteiger partial charge is 0.306 e. The molecule has 0 aliphatic carbocycles. The normalized spacial score (nSPS) is 11.3. The highest BCUT2D eigenvalue weighted by molar-refractivity contribution is 6.11. The Morgan fingerprint density at radius 2 is 1.32 bits per heavy atom. The third-order valence-corrected chi connectivity index (χ3v) is 4.58. The fourth-order valence-corrected chi connectivity index (χ4v) is 3.39. The standard InChI is InChI=1S/C28H38O6/c1-17(2)31-23-11-12-24(26(16-23)33-19(5)6)28(30)22-9-13-25(32-18(3)4)21(15-22)10-14-27(29)34-20(7)8/h9,11-13,15-20H,10,14H2,1-8H3. The number of rotatable bonds is 12. The van der Waals surface area contributed by atoms with Crippen molar-refractivity contribution in [2.75, 3.05) is 0 Å². The molecule has 0 radical (unpaired) electrons. The molecule has 34 heavy (non-hydrogen) atoms. The third-order valence-electron chi connectivity index (χ3n) is 4.58. The predicted octanol–water partition coefficient (Wildman–Crippen LogP) is 6.16. The lowest BCUT2D eigenvalue weighted by molar-refractivity contribution is -0.147. The van der Waals surface area contributed by atoms with Crippen molar-refractivity contribution in [3.63, 3.8) is 0 Å². The van der Waals surface area contributed by atoms with E-state index in [-0.39, 0.29) is 42.6 Å². The van der Waals surface area contributed by atoms with Gasteiger partial charge < -0.3 is 18.9 Å². The van der Waals surface area contributed by atoms with Gasteiger partial charge >= 0.3 is 5.97 Å². The Kier molecular flexibility index (Phi) is 9.97. The van der Waals surface area contributed by atoms with Gasteiger partial charge in [-0.3, -0.25) is 9.59 Å². The summed E-state index contributed by atoms with van der Waals surface area (Å²) in [5.74, 6) is 1.32. The van der Waals surface area contributed by atoms with E-state index >= 15 is 0 Å². The summed E-state index contributed by atoms with van der Waals surface area (Å²) in [6.45, 7) is 15.2. The van der Waals surface area contributed by atoms with Gasteiger partial charge in [0.2, 0.25) is 0 Å². The summed E-state index contributed by atoms with van der Waals surface area (Å²) in [4.78, 5) is 25.6. The summed E-state index contributed by atoms with van der Waals surface area (Å²) >= 11 is 0. The molecule has 0 saturated heterocycles. The van der Waals surface area contributed by atoms with Crippen LogP contribution in [0.2, 0.25) is 0 Å². The highest BCUT2D eigenvalue weighted by Crippen LogP contribution is 2.30. The van der Waals surface area contributed by atoms with Gasteiger partial charge in [0.25, 0.3) is 0 Å². The second-order valence-corrected chi connectivity index (χ2v) is 9.35. The summed E-state index contributed by atoms with van der Waals surface area (Å²) in [6, 6.07) is 10.6. The lowest BCUT2D eigenvalue weighted by Gasteiger charge is -2.18. The molecular weight excluding hydrogens is 432 g/mol. The molecule has 0 spiro atoms. The predicted molar refractivity (Wildman–Crippen MR) is 133 cm³/mol. The first-order chi connectivity index (χ1) is 16.0. The zero-order valence-electron chi connectivity index (χ0n) is 21.6. The molecule has 6 heteroatoms. The molecule has 0 bridgehead atoms. The fraction of sp³-hybridized carbons (Fsp3) is 0.500. The van der Waals surface area contributed by atoms with E-state index in [1.807, 2.05) is 55.4 Å². The van der Waals surface area contributed by atoms with Gasteiger partial charge in [-0.2, -0.15) is 0 Å². The zero-order chi connectivity index (χ0) is 25.4. The van der Waals surface area contributed by atoms with E-state index in [1.54, 1.807) is 36.4 Å². The van der Waals surface area contributed by atoms with Crippen LogP contribution in [0.3, 0.4) is 0 Å². The van der Waals surface area contributed by atoms with Crippen molar-refractivity contribution in [2.24, 2.45) is 0 Å². The average Bonchev–Trinajstić information content (AvgIpc) is 2.71. The molecule has 2 rings (SSSR count). The van der Waals surface area contributed by atoms with E-state index in [2.05, 4.69) is 0 Å². The van der Waals surface area contributed by atoms with Gasteiger partial charge in [-0.25, -0.2) is 0 Å². The number of esters is 1. The first-order valence-electron chi connectivity index (χ1n) is 12.0. The second kappa shape index (κ2) is 12.4. The second-order valence-electron chi connectivity index (χ2n) is 9.35. The Labute approximate surface area is 203 Å². The van der Waals surface area contributed by atoms with E-state index < -0.39 is 0 Å². The quantitative estimate of drug-likeness (QED) is 0.273. The molecule has 0 N–H and O–H groups in total. The fourth-order valence-electron chi connectivity index (χ4n) is 3.39. The van der Waals surface area contributed by atoms with Crippen LogP contribution in [0.15, 0.2) is 36.4 Å². The molecule has 186 valence electrons. The van der Waals surface area contributed by atoms with Crippen molar-refractivity contribution in [1.29, 1.82) is 0 Å². The van der Waals surface area contributed by atoms with Gasteiger partial charge in [-0.05, 0) is 97.7 Å². The Morgan fingerprint density at radius 3 is 1.91 bits per heavy atom. The van der Waals surface area contributed by atoms with Gasteiger partial charge in [-0.15, -0.1) is 0 Å². The summed E-state index contributed by atoms with van der Waals surface area (Å²) in [5.41, 5.74) is 1.73. The van der Waals surface area contributed by atoms with Crippen LogP contribution in [0.1, 0.15) is 83.3 Å². The molecule has 0 unspecified atom stereocenters. The first-order valence-corrected chi connectivity index (χ1v) is 12.0. The molecule has 2 aromatic carbocycles. The first kappa shape index (κ1) is 27.2. The van der Waals surface area contributed by atoms with Gasteiger partial charge in [0.1, 0.15) is 17.2 Å². The maximum atomic E-state index is 13.5. The minimum atomic E-state index is -0.282. The van der Waals surface area contributed by atoms with E-state index in [1.165, 1.54) is 0 Å². The van der Waals surface area contributed by atoms with Crippen LogP contribution in [0, 0.1) is 0 Å². The van der Waals surface area contributed by atoms with Crippen molar-refractivity contribution in [2.45, 2.75) is 92.6 Å². The Balaban J connectivity index is 2.39. The maximum absolute atomic E-state index is 13.5. The molecule has 0 aromatic heterocycles. The number of hydrogen-bond donors (Lipinski definition) is 0. The van der Waals surface area contributed by atoms with Crippen LogP contribution in [-0.2, 0) is 16.0 Å². The zero-order valence-corrected chi connectivity index (χ0v) is 21.6. The van der Waals surface area contributed by atoms with Crippen LogP contribution >= 0.6 is 0 Å². The minimum absolute atomic E-state index is 0.00639. The number of ketones is 1. The number of carbonyl (C=O) groups excluding carboxylic acids is 2. The number of benzene rings is 2. The number of aryl methyl sites for hydroxylation is 1. The van der Waals surface area contributed by atoms with E-state index in [0.29, 0.717) is 34.8 Å². The van der Waals surface area contributed by atoms with Crippen LogP contribution in [0.5, 0.6) is 17.2 Å². The van der Waals surface area contributed by atoms with Crippen molar-refractivity contribution < 1.29 is 28.5 Å². The molecule has 0 saturated carbocycles.